The zero-order chi connectivity index (χ0) is 21.6. The number of hydrogen-bond donors (Lipinski definition) is 2. The Morgan fingerprint density at radius 3 is 2.52 bits per heavy atom. The highest BCUT2D eigenvalue weighted by molar-refractivity contribution is 9.10. The van der Waals surface area contributed by atoms with Gasteiger partial charge in [0.15, 0.2) is 0 Å². The van der Waals surface area contributed by atoms with Gasteiger partial charge in [-0.1, -0.05) is 34.1 Å². The lowest BCUT2D eigenvalue weighted by molar-refractivity contribution is 0.262. The zero-order valence-corrected chi connectivity index (χ0v) is 18.4. The molecule has 31 heavy (non-hydrogen) atoms. The average Bonchev–Trinajstić information content (AvgIpc) is 3.25. The van der Waals surface area contributed by atoms with E-state index in [1.807, 2.05) is 42.5 Å². The molecule has 1 aromatic heterocycles. The number of hydrogen-bond acceptors (Lipinski definition) is 5. The van der Waals surface area contributed by atoms with Crippen LogP contribution in [0.15, 0.2) is 86.6 Å². The molecule has 6 nitrogen and oxygen atoms in total. The first kappa shape index (κ1) is 21.1. The number of rotatable bonds is 6. The largest absolute Gasteiger partial charge is 0.420 e. The maximum atomic E-state index is 13.8. The predicted molar refractivity (Wildman–Crippen MR) is 122 cm³/mol. The molecule has 0 radical (unpaired) electrons. The molecule has 0 aliphatic heterocycles. The number of amides is 2. The number of halogens is 2. The Labute approximate surface area is 190 Å². The topological polar surface area (TPSA) is 80.1 Å². The van der Waals surface area contributed by atoms with E-state index < -0.39 is 11.8 Å². The van der Waals surface area contributed by atoms with Gasteiger partial charge >= 0.3 is 6.03 Å². The van der Waals surface area contributed by atoms with Crippen molar-refractivity contribution < 1.29 is 13.6 Å². The van der Waals surface area contributed by atoms with Gasteiger partial charge in [-0.05, 0) is 54.6 Å². The van der Waals surface area contributed by atoms with E-state index in [0.717, 1.165) is 10.5 Å². The van der Waals surface area contributed by atoms with E-state index in [1.54, 1.807) is 18.2 Å². The summed E-state index contributed by atoms with van der Waals surface area (Å²) in [5.74, 6) is 1.02. The Hall–Kier alpha value is -3.17. The molecule has 0 unspecified atom stereocenters. The molecule has 3 aromatic carbocycles. The van der Waals surface area contributed by atoms with Crippen molar-refractivity contribution in [3.05, 3.63) is 89.0 Å². The van der Waals surface area contributed by atoms with Crippen molar-refractivity contribution in [3.63, 3.8) is 0 Å². The third-order valence-corrected chi connectivity index (χ3v) is 5.63. The van der Waals surface area contributed by atoms with Crippen LogP contribution < -0.4 is 10.6 Å². The van der Waals surface area contributed by atoms with Crippen LogP contribution in [0.1, 0.15) is 5.89 Å². The number of anilines is 2. The Bertz CT molecular complexity index is 1190. The van der Waals surface area contributed by atoms with E-state index in [9.17, 15) is 9.18 Å². The minimum atomic E-state index is -0.527. The minimum absolute atomic E-state index is 0.0994. The number of carbonyl (C=O) groups is 1. The molecule has 2 amide bonds. The number of carbonyl (C=O) groups excluding carboxylic acids is 1. The minimum Gasteiger partial charge on any atom is -0.420 e. The van der Waals surface area contributed by atoms with Crippen molar-refractivity contribution in [1.29, 1.82) is 0 Å². The first-order valence-electron chi connectivity index (χ1n) is 9.20. The third-order valence-electron chi connectivity index (χ3n) is 4.14. The molecule has 4 aromatic rings. The standard InChI is InChI=1S/C22H16BrFN4O2S/c23-15-6-11-19(18(24)12-15)26-22(29)25-16-7-9-17(10-8-16)31-13-20-27-28-21(30-20)14-4-2-1-3-5-14/h1-12H,13H2,(H2,25,26,29). The fourth-order valence-corrected chi connectivity index (χ4v) is 3.73. The Morgan fingerprint density at radius 1 is 1.00 bits per heavy atom. The molecule has 1 heterocycles. The SMILES string of the molecule is O=C(Nc1ccc(SCc2nnc(-c3ccccc3)o2)cc1)Nc1ccc(Br)cc1F. The van der Waals surface area contributed by atoms with E-state index in [-0.39, 0.29) is 5.69 Å². The molecule has 0 fully saturated rings. The van der Waals surface area contributed by atoms with Gasteiger partial charge in [0.1, 0.15) is 5.82 Å². The molecular formula is C22H16BrFN4O2S. The van der Waals surface area contributed by atoms with Gasteiger partial charge in [-0.15, -0.1) is 22.0 Å². The van der Waals surface area contributed by atoms with Crippen LogP contribution in [-0.2, 0) is 5.75 Å². The van der Waals surface area contributed by atoms with Crippen molar-refractivity contribution in [2.45, 2.75) is 10.6 Å². The van der Waals surface area contributed by atoms with Crippen molar-refractivity contribution in [1.82, 2.24) is 10.2 Å². The molecule has 0 atom stereocenters. The van der Waals surface area contributed by atoms with Gasteiger partial charge in [0, 0.05) is 20.6 Å². The molecule has 0 spiro atoms. The van der Waals surface area contributed by atoms with Gasteiger partial charge < -0.3 is 15.1 Å². The zero-order valence-electron chi connectivity index (χ0n) is 16.0. The summed E-state index contributed by atoms with van der Waals surface area (Å²) in [5.41, 5.74) is 1.56. The van der Waals surface area contributed by atoms with Crippen molar-refractivity contribution in [2.24, 2.45) is 0 Å². The molecule has 4 rings (SSSR count). The number of urea groups is 1. The number of nitrogens with one attached hydrogen (secondary N) is 2. The van der Waals surface area contributed by atoms with Crippen LogP contribution >= 0.6 is 27.7 Å². The summed E-state index contributed by atoms with van der Waals surface area (Å²) in [4.78, 5) is 13.1. The smallest absolute Gasteiger partial charge is 0.323 e. The second-order valence-corrected chi connectivity index (χ2v) is 8.35. The van der Waals surface area contributed by atoms with Crippen LogP contribution in [0.2, 0.25) is 0 Å². The Kier molecular flexibility index (Phi) is 6.63. The summed E-state index contributed by atoms with van der Waals surface area (Å²) in [6.07, 6.45) is 0. The highest BCUT2D eigenvalue weighted by atomic mass is 79.9. The molecule has 156 valence electrons. The molecule has 2 N–H and O–H groups in total. The van der Waals surface area contributed by atoms with Crippen molar-refractivity contribution in [3.8, 4) is 11.5 Å². The third kappa shape index (κ3) is 5.71. The summed E-state index contributed by atoms with van der Waals surface area (Å²) in [5, 5.41) is 13.3. The fraction of sp³-hybridized carbons (Fsp3) is 0.0455. The summed E-state index contributed by atoms with van der Waals surface area (Å²) in [6, 6.07) is 20.8. The second-order valence-electron chi connectivity index (χ2n) is 6.38. The first-order valence-corrected chi connectivity index (χ1v) is 11.0. The van der Waals surface area contributed by atoms with Crippen molar-refractivity contribution >= 4 is 45.1 Å². The van der Waals surface area contributed by atoms with Crippen LogP contribution in [0.3, 0.4) is 0 Å². The predicted octanol–water partition coefficient (Wildman–Crippen LogP) is 6.57. The first-order chi connectivity index (χ1) is 15.1. The van der Waals surface area contributed by atoms with E-state index in [0.29, 0.717) is 27.7 Å². The molecule has 9 heteroatoms. The molecule has 0 saturated carbocycles. The normalized spacial score (nSPS) is 10.6. The van der Waals surface area contributed by atoms with Gasteiger partial charge in [0.25, 0.3) is 0 Å². The maximum Gasteiger partial charge on any atom is 0.323 e. The van der Waals surface area contributed by atoms with Gasteiger partial charge in [-0.25, -0.2) is 9.18 Å². The van der Waals surface area contributed by atoms with Crippen LogP contribution in [0.5, 0.6) is 0 Å². The molecule has 0 aliphatic carbocycles. The number of aromatic nitrogens is 2. The van der Waals surface area contributed by atoms with Crippen LogP contribution in [0, 0.1) is 5.82 Å². The number of benzene rings is 3. The Morgan fingerprint density at radius 2 is 1.77 bits per heavy atom. The lowest BCUT2D eigenvalue weighted by Gasteiger charge is -2.09. The lowest BCUT2D eigenvalue weighted by atomic mass is 10.2. The summed E-state index contributed by atoms with van der Waals surface area (Å²) in [6.45, 7) is 0. The van der Waals surface area contributed by atoms with E-state index in [4.69, 9.17) is 4.42 Å². The number of nitrogens with zero attached hydrogens (tertiary/aromatic N) is 2. The van der Waals surface area contributed by atoms with Gasteiger partial charge in [0.05, 0.1) is 11.4 Å². The van der Waals surface area contributed by atoms with Gasteiger partial charge in [-0.3, -0.25) is 0 Å². The number of thioether (sulfide) groups is 1. The maximum absolute atomic E-state index is 13.8. The summed E-state index contributed by atoms with van der Waals surface area (Å²) in [7, 11) is 0. The highest BCUT2D eigenvalue weighted by Gasteiger charge is 2.10. The fourth-order valence-electron chi connectivity index (χ4n) is 2.66. The average molecular weight is 499 g/mol. The summed E-state index contributed by atoms with van der Waals surface area (Å²) >= 11 is 4.72. The lowest BCUT2D eigenvalue weighted by Crippen LogP contribution is -2.20. The molecule has 0 aliphatic rings. The van der Waals surface area contributed by atoms with E-state index in [1.165, 1.54) is 23.9 Å². The van der Waals surface area contributed by atoms with Crippen LogP contribution in [0.25, 0.3) is 11.5 Å². The molecular weight excluding hydrogens is 483 g/mol. The quantitative estimate of drug-likeness (QED) is 0.293. The highest BCUT2D eigenvalue weighted by Crippen LogP contribution is 2.26. The molecule has 0 saturated heterocycles. The van der Waals surface area contributed by atoms with Crippen LogP contribution in [-0.4, -0.2) is 16.2 Å². The monoisotopic (exact) mass is 498 g/mol. The molecule has 0 bridgehead atoms. The van der Waals surface area contributed by atoms with E-state index in [2.05, 4.69) is 36.8 Å². The van der Waals surface area contributed by atoms with Gasteiger partial charge in [0.2, 0.25) is 11.8 Å². The van der Waals surface area contributed by atoms with E-state index >= 15 is 0 Å². The van der Waals surface area contributed by atoms with Gasteiger partial charge in [-0.2, -0.15) is 0 Å². The van der Waals surface area contributed by atoms with Crippen LogP contribution in [0.4, 0.5) is 20.6 Å². The second kappa shape index (κ2) is 9.76. The van der Waals surface area contributed by atoms with Crippen molar-refractivity contribution in [2.75, 3.05) is 10.6 Å². The summed E-state index contributed by atoms with van der Waals surface area (Å²) < 4.78 is 20.1. The Balaban J connectivity index is 1.30.